The Morgan fingerprint density at radius 1 is 0.952 bits per heavy atom. The quantitative estimate of drug-likeness (QED) is 0.255. The fourth-order valence-electron chi connectivity index (χ4n) is 0. The van der Waals surface area contributed by atoms with E-state index in [0.717, 1.165) is 21.3 Å². The second kappa shape index (κ2) is 37.1. The number of aliphatic hydroxyl groups is 2. The van der Waals surface area contributed by atoms with Gasteiger partial charge in [-0.2, -0.15) is 0 Å². The van der Waals surface area contributed by atoms with Crippen molar-refractivity contribution < 1.29 is 60.3 Å². The number of carbonyl (C=O) groups excluding carboxylic acids is 2. The van der Waals surface area contributed by atoms with Crippen molar-refractivity contribution in [2.75, 3.05) is 21.3 Å². The van der Waals surface area contributed by atoms with Crippen LogP contribution in [0.3, 0.4) is 0 Å². The number of methoxy groups -OCH3 is 2. The van der Waals surface area contributed by atoms with Gasteiger partial charge in [0.25, 0.3) is 6.16 Å². The van der Waals surface area contributed by atoms with E-state index in [1.54, 1.807) is 0 Å². The van der Waals surface area contributed by atoms with Crippen LogP contribution in [0.5, 0.6) is 0 Å². The minimum Gasteiger partial charge on any atom is -0.870 e. The number of hydrogen-bond acceptors (Lipinski definition) is 12. The Hall–Kier alpha value is 0.599. The van der Waals surface area contributed by atoms with Gasteiger partial charge in [-0.15, -0.1) is 0 Å². The first-order valence-electron chi connectivity index (χ1n) is 3.32. The molecule has 0 radical (unpaired) electrons. The van der Waals surface area contributed by atoms with Crippen LogP contribution in [0.1, 0.15) is 0 Å². The number of carboxylic acid groups (broad SMARTS) is 3. The smallest absolute Gasteiger partial charge is 0.870 e. The summed E-state index contributed by atoms with van der Waals surface area (Å²) in [7, 11) is 2.87. The van der Waals surface area contributed by atoms with Gasteiger partial charge in [-0.1, -0.05) is 0 Å². The summed E-state index contributed by atoms with van der Waals surface area (Å²) >= 11 is 0. The zero-order chi connectivity index (χ0) is 15.1. The normalized spacial score (nSPS) is 6.43. The third-order valence-corrected chi connectivity index (χ3v) is 0.425. The molecule has 0 aliphatic heterocycles. The van der Waals surface area contributed by atoms with Gasteiger partial charge in [0.1, 0.15) is 0 Å². The monoisotopic (exact) mass is 348 g/mol. The molecule has 3 N–H and O–H groups in total. The molecule has 0 unspecified atom stereocenters. The van der Waals surface area contributed by atoms with Gasteiger partial charge >= 0.3 is 69.2 Å². The van der Waals surface area contributed by atoms with E-state index in [9.17, 15) is 10.2 Å². The molecule has 0 saturated heterocycles. The number of rotatable bonds is 1. The van der Waals surface area contributed by atoms with Gasteiger partial charge in [0.15, 0.2) is 0 Å². The van der Waals surface area contributed by atoms with Crippen molar-refractivity contribution in [3.63, 3.8) is 0 Å². The Morgan fingerprint density at radius 3 is 1.05 bits per heavy atom. The molecule has 0 atom stereocenters. The van der Waals surface area contributed by atoms with Gasteiger partial charge in [-0.05, 0) is 6.16 Å². The van der Waals surface area contributed by atoms with Gasteiger partial charge in [0, 0.05) is 27.5 Å². The van der Waals surface area contributed by atoms with Gasteiger partial charge < -0.3 is 60.3 Å². The summed E-state index contributed by atoms with van der Waals surface area (Å²) in [6.45, 7) is 0. The van der Waals surface area contributed by atoms with Gasteiger partial charge in [-0.3, -0.25) is 0 Å². The summed E-state index contributed by atoms with van der Waals surface area (Å²) in [5.74, 6) is 0. The fraction of sp³-hybridized carbons (Fsp3) is 0.667. The number of carbonyl (C=O) groups is 2. The van der Waals surface area contributed by atoms with Crippen LogP contribution in [0, 0.1) is 0 Å². The maximum absolute atomic E-state index is 9.25. The number of ether oxygens (including phenoxy) is 2. The van der Waals surface area contributed by atoms with Crippen molar-refractivity contribution in [3.8, 4) is 0 Å². The summed E-state index contributed by atoms with van der Waals surface area (Å²) in [5.41, 5.74) is 0. The zero-order valence-electron chi connectivity index (χ0n) is 11.6. The third-order valence-electron chi connectivity index (χ3n) is 0.425. The van der Waals surface area contributed by atoms with Crippen molar-refractivity contribution in [2.45, 2.75) is 6.16 Å². The van der Waals surface area contributed by atoms with E-state index in [2.05, 4.69) is 9.47 Å². The van der Waals surface area contributed by atoms with Crippen LogP contribution in [0.25, 0.3) is 0 Å². The van der Waals surface area contributed by atoms with Crippen LogP contribution >= 0.6 is 0 Å². The minimum atomic E-state index is -3.46. The van der Waals surface area contributed by atoms with Gasteiger partial charge in [0.2, 0.25) is 0 Å². The summed E-state index contributed by atoms with van der Waals surface area (Å²) in [6.07, 6.45) is -7.29. The molecule has 15 heteroatoms. The molecule has 0 aromatic rings. The Balaban J connectivity index is -0.0000000176. The zero-order valence-corrected chi connectivity index (χ0v) is 15.9. The second-order valence-corrected chi connectivity index (χ2v) is 1.43. The van der Waals surface area contributed by atoms with E-state index in [4.69, 9.17) is 35.1 Å². The fourth-order valence-corrected chi connectivity index (χ4v) is 0. The topological polar surface area (TPSA) is 238 Å². The average Bonchev–Trinajstić information content (AvgIpc) is 2.20. The molecule has 0 heterocycles. The predicted molar refractivity (Wildman–Crippen MR) is 57.1 cm³/mol. The Morgan fingerprint density at radius 2 is 1.05 bits per heavy atom. The molecule has 0 bridgehead atoms. The molecule has 0 aromatic carbocycles. The van der Waals surface area contributed by atoms with E-state index < -0.39 is 18.5 Å². The molecule has 0 rings (SSSR count). The Bertz CT molecular complexity index is 180. The molecular formula is C6H12Mg3O12. The van der Waals surface area contributed by atoms with Crippen molar-refractivity contribution in [3.05, 3.63) is 0 Å². The van der Waals surface area contributed by atoms with Crippen molar-refractivity contribution >= 4 is 81.5 Å². The molecule has 0 aliphatic carbocycles. The molecular weight excluding hydrogens is 337 g/mol. The molecule has 21 heavy (non-hydrogen) atoms. The molecule has 0 saturated carbocycles. The number of aliphatic hydroxyl groups excluding tert-OH is 1. The number of hydrogen-bond donors (Lipinski definition) is 2. The molecule has 0 spiro atoms. The molecule has 0 fully saturated rings. The Labute approximate surface area is 168 Å². The van der Waals surface area contributed by atoms with Gasteiger partial charge in [0.05, 0.1) is 0 Å². The standard InChI is InChI=1S/C2H4O4.C2H4O3.CH2O3.CH4O.3Mg.H2O/c1-6-2(3,4)5;1-5-2(3)4;2-1(3)4;1-2;;;;/h3H,1H3;1H3,(H,3,4);(H2,2,3,4);2H,1H3;;;;1H2/q-2;;;;3*+2;/p-4. The Kier molecular flexibility index (Phi) is 87.6. The molecule has 0 amide bonds. The van der Waals surface area contributed by atoms with Crippen LogP contribution in [-0.2, 0) is 9.47 Å². The summed E-state index contributed by atoms with van der Waals surface area (Å²) in [5, 5.41) is 58.7. The van der Waals surface area contributed by atoms with E-state index >= 15 is 0 Å². The molecule has 0 aromatic heterocycles. The van der Waals surface area contributed by atoms with Gasteiger partial charge in [-0.25, -0.2) is 0 Å². The summed E-state index contributed by atoms with van der Waals surface area (Å²) < 4.78 is 6.94. The van der Waals surface area contributed by atoms with Crippen LogP contribution in [-0.4, -0.2) is 125 Å². The molecule has 0 aliphatic rings. The first-order valence-corrected chi connectivity index (χ1v) is 3.32. The van der Waals surface area contributed by atoms with Crippen LogP contribution in [0.15, 0.2) is 0 Å². The van der Waals surface area contributed by atoms with E-state index in [0.29, 0.717) is 0 Å². The van der Waals surface area contributed by atoms with Crippen molar-refractivity contribution in [1.29, 1.82) is 0 Å². The average molecular weight is 349 g/mol. The third kappa shape index (κ3) is 227. The van der Waals surface area contributed by atoms with Crippen molar-refractivity contribution in [2.24, 2.45) is 0 Å². The van der Waals surface area contributed by atoms with Crippen LogP contribution in [0.2, 0.25) is 0 Å². The maximum atomic E-state index is 9.25. The maximum Gasteiger partial charge on any atom is 2.00 e. The van der Waals surface area contributed by atoms with Crippen molar-refractivity contribution in [1.82, 2.24) is 0 Å². The molecule has 12 nitrogen and oxygen atoms in total. The summed E-state index contributed by atoms with van der Waals surface area (Å²) in [6, 6.07) is 0. The SMILES string of the molecule is CO.COC(=O)[O-].COC([O-])([O-])O.O=C([O-])[O-].[Mg+2].[Mg+2].[Mg+2].[OH-]. The predicted octanol–water partition coefficient (Wildman–Crippen LogP) is -8.22. The largest absolute Gasteiger partial charge is 2.00 e. The van der Waals surface area contributed by atoms with E-state index in [-0.39, 0.29) is 74.6 Å². The first kappa shape index (κ1) is 49.6. The second-order valence-electron chi connectivity index (χ2n) is 1.43. The molecule has 114 valence electrons. The minimum absolute atomic E-state index is 0. The first-order chi connectivity index (χ1) is 7.56. The van der Waals surface area contributed by atoms with Crippen LogP contribution < -0.4 is 25.5 Å². The summed E-state index contributed by atoms with van der Waals surface area (Å²) in [4.78, 5) is 17.4. The van der Waals surface area contributed by atoms with E-state index in [1.807, 2.05) is 0 Å². The van der Waals surface area contributed by atoms with E-state index in [1.165, 1.54) is 0 Å². The van der Waals surface area contributed by atoms with Crippen LogP contribution in [0.4, 0.5) is 9.59 Å².